The molecule has 2 aromatic rings. The second kappa shape index (κ2) is 6.04. The summed E-state index contributed by atoms with van der Waals surface area (Å²) in [6, 6.07) is 5.50. The molecule has 0 atom stereocenters. The summed E-state index contributed by atoms with van der Waals surface area (Å²) in [5.74, 6) is 0.289. The molecule has 5 nitrogen and oxygen atoms in total. The van der Waals surface area contributed by atoms with Crippen LogP contribution in [0.1, 0.15) is 22.8 Å². The molecule has 0 aromatic carbocycles. The molecule has 0 fully saturated rings. The van der Waals surface area contributed by atoms with Crippen LogP contribution >= 0.6 is 0 Å². The largest absolute Gasteiger partial charge is 0.481 e. The number of ether oxygens (including phenoxy) is 2. The summed E-state index contributed by atoms with van der Waals surface area (Å²) >= 11 is 0. The van der Waals surface area contributed by atoms with Crippen LogP contribution in [0.5, 0.6) is 5.88 Å². The summed E-state index contributed by atoms with van der Waals surface area (Å²) < 4.78 is 11.9. The van der Waals surface area contributed by atoms with E-state index in [1.807, 2.05) is 22.9 Å². The Morgan fingerprint density at radius 1 is 1.37 bits per heavy atom. The molecule has 0 radical (unpaired) electrons. The molecule has 2 heterocycles. The highest BCUT2D eigenvalue weighted by atomic mass is 16.5. The van der Waals surface area contributed by atoms with Crippen molar-refractivity contribution in [2.45, 2.75) is 13.5 Å². The van der Waals surface area contributed by atoms with Gasteiger partial charge in [0.1, 0.15) is 0 Å². The number of hydrogen-bond donors (Lipinski definition) is 0. The molecule has 19 heavy (non-hydrogen) atoms. The molecule has 100 valence electrons. The summed E-state index contributed by atoms with van der Waals surface area (Å²) in [6.07, 6.45) is 5.36. The fraction of sp³-hybridized carbons (Fsp3) is 0.286. The van der Waals surface area contributed by atoms with E-state index in [0.717, 1.165) is 5.56 Å². The lowest BCUT2D eigenvalue weighted by molar-refractivity contribution is 0.0526. The number of nitrogens with zero attached hydrogens (tertiary/aromatic N) is 2. The molecule has 0 aliphatic carbocycles. The summed E-state index contributed by atoms with van der Waals surface area (Å²) in [5, 5.41) is 0. The molecule has 2 aromatic heterocycles. The first kappa shape index (κ1) is 13.1. The second-order valence-electron chi connectivity index (χ2n) is 4.00. The first-order valence-corrected chi connectivity index (χ1v) is 6.04. The van der Waals surface area contributed by atoms with Gasteiger partial charge in [-0.1, -0.05) is 6.07 Å². The average Bonchev–Trinajstić information content (AvgIpc) is 2.88. The van der Waals surface area contributed by atoms with Gasteiger partial charge in [0.15, 0.2) is 0 Å². The highest BCUT2D eigenvalue weighted by Crippen LogP contribution is 2.10. The minimum absolute atomic E-state index is 0.297. The lowest BCUT2D eigenvalue weighted by Gasteiger charge is -2.04. The van der Waals surface area contributed by atoms with Gasteiger partial charge in [-0.15, -0.1) is 0 Å². The third kappa shape index (κ3) is 3.34. The van der Waals surface area contributed by atoms with E-state index in [-0.39, 0.29) is 5.97 Å². The Hall–Kier alpha value is -2.30. The Bertz CT molecular complexity index is 546. The summed E-state index contributed by atoms with van der Waals surface area (Å²) in [7, 11) is 1.58. The van der Waals surface area contributed by atoms with E-state index in [2.05, 4.69) is 4.98 Å². The molecule has 0 saturated carbocycles. The standard InChI is InChI=1S/C14H16N2O3/c1-3-19-14(17)12-6-7-16(10-12)9-11-4-5-13(18-2)15-8-11/h4-8,10H,3,9H2,1-2H3. The van der Waals surface area contributed by atoms with Gasteiger partial charge in [0.05, 0.1) is 19.3 Å². The molecule has 0 saturated heterocycles. The van der Waals surface area contributed by atoms with E-state index >= 15 is 0 Å². The maximum absolute atomic E-state index is 11.5. The highest BCUT2D eigenvalue weighted by Gasteiger charge is 2.08. The highest BCUT2D eigenvalue weighted by molar-refractivity contribution is 5.89. The molecule has 5 heteroatoms. The van der Waals surface area contributed by atoms with Crippen LogP contribution in [-0.4, -0.2) is 29.2 Å². The summed E-state index contributed by atoms with van der Waals surface area (Å²) in [4.78, 5) is 15.7. The Morgan fingerprint density at radius 3 is 2.84 bits per heavy atom. The third-order valence-electron chi connectivity index (χ3n) is 2.63. The molecule has 0 bridgehead atoms. The number of hydrogen-bond acceptors (Lipinski definition) is 4. The van der Waals surface area contributed by atoms with Crippen LogP contribution in [-0.2, 0) is 11.3 Å². The predicted molar refractivity (Wildman–Crippen MR) is 70.3 cm³/mol. The zero-order chi connectivity index (χ0) is 13.7. The van der Waals surface area contributed by atoms with Crippen LogP contribution in [0.2, 0.25) is 0 Å². The Morgan fingerprint density at radius 2 is 2.21 bits per heavy atom. The minimum Gasteiger partial charge on any atom is -0.481 e. The number of rotatable bonds is 5. The van der Waals surface area contributed by atoms with Crippen LogP contribution in [0, 0.1) is 0 Å². The molecule has 2 rings (SSSR count). The zero-order valence-corrected chi connectivity index (χ0v) is 11.0. The van der Waals surface area contributed by atoms with Crippen molar-refractivity contribution in [3.05, 3.63) is 47.9 Å². The Labute approximate surface area is 111 Å². The van der Waals surface area contributed by atoms with Gasteiger partial charge in [-0.3, -0.25) is 0 Å². The first-order valence-electron chi connectivity index (χ1n) is 6.04. The summed E-state index contributed by atoms with van der Waals surface area (Å²) in [6.45, 7) is 2.82. The number of carbonyl (C=O) groups is 1. The van der Waals surface area contributed by atoms with Crippen molar-refractivity contribution in [2.75, 3.05) is 13.7 Å². The van der Waals surface area contributed by atoms with Crippen molar-refractivity contribution in [1.29, 1.82) is 0 Å². The topological polar surface area (TPSA) is 53.4 Å². The van der Waals surface area contributed by atoms with E-state index in [4.69, 9.17) is 9.47 Å². The van der Waals surface area contributed by atoms with E-state index in [1.54, 1.807) is 32.5 Å². The van der Waals surface area contributed by atoms with E-state index in [1.165, 1.54) is 0 Å². The van der Waals surface area contributed by atoms with E-state index in [0.29, 0.717) is 24.6 Å². The van der Waals surface area contributed by atoms with Crippen LogP contribution in [0.15, 0.2) is 36.8 Å². The van der Waals surface area contributed by atoms with Crippen molar-refractivity contribution in [1.82, 2.24) is 9.55 Å². The molecule has 0 aliphatic rings. The third-order valence-corrected chi connectivity index (χ3v) is 2.63. The molecule has 0 aliphatic heterocycles. The second-order valence-corrected chi connectivity index (χ2v) is 4.00. The fourth-order valence-electron chi connectivity index (χ4n) is 1.71. The average molecular weight is 260 g/mol. The first-order chi connectivity index (χ1) is 9.22. The fourth-order valence-corrected chi connectivity index (χ4v) is 1.71. The van der Waals surface area contributed by atoms with Gasteiger partial charge in [-0.05, 0) is 18.6 Å². The molecule has 0 amide bonds. The van der Waals surface area contributed by atoms with Crippen molar-refractivity contribution < 1.29 is 14.3 Å². The maximum Gasteiger partial charge on any atom is 0.339 e. The maximum atomic E-state index is 11.5. The molecule has 0 unspecified atom stereocenters. The number of carbonyl (C=O) groups excluding carboxylic acids is 1. The van der Waals surface area contributed by atoms with Gasteiger partial charge in [-0.25, -0.2) is 9.78 Å². The van der Waals surface area contributed by atoms with Gasteiger partial charge in [0.25, 0.3) is 0 Å². The zero-order valence-electron chi connectivity index (χ0n) is 11.0. The van der Waals surface area contributed by atoms with E-state index in [9.17, 15) is 4.79 Å². The predicted octanol–water partition coefficient (Wildman–Crippen LogP) is 2.12. The number of methoxy groups -OCH3 is 1. The normalized spacial score (nSPS) is 10.2. The Balaban J connectivity index is 2.04. The van der Waals surface area contributed by atoms with Crippen molar-refractivity contribution in [3.8, 4) is 5.88 Å². The monoisotopic (exact) mass is 260 g/mol. The van der Waals surface area contributed by atoms with Gasteiger partial charge in [-0.2, -0.15) is 0 Å². The van der Waals surface area contributed by atoms with Crippen LogP contribution < -0.4 is 4.74 Å². The van der Waals surface area contributed by atoms with Crippen molar-refractivity contribution >= 4 is 5.97 Å². The van der Waals surface area contributed by atoms with Gasteiger partial charge >= 0.3 is 5.97 Å². The van der Waals surface area contributed by atoms with Crippen LogP contribution in [0.25, 0.3) is 0 Å². The van der Waals surface area contributed by atoms with E-state index < -0.39 is 0 Å². The summed E-state index contributed by atoms with van der Waals surface area (Å²) in [5.41, 5.74) is 1.59. The minimum atomic E-state index is -0.297. The van der Waals surface area contributed by atoms with Gasteiger partial charge in [0, 0.05) is 31.2 Å². The quantitative estimate of drug-likeness (QED) is 0.773. The van der Waals surface area contributed by atoms with Crippen LogP contribution in [0.3, 0.4) is 0 Å². The lowest BCUT2D eigenvalue weighted by atomic mass is 10.3. The number of pyridine rings is 1. The van der Waals surface area contributed by atoms with Gasteiger partial charge < -0.3 is 14.0 Å². The van der Waals surface area contributed by atoms with Gasteiger partial charge in [0.2, 0.25) is 5.88 Å². The van der Waals surface area contributed by atoms with Crippen molar-refractivity contribution in [3.63, 3.8) is 0 Å². The molecular weight excluding hydrogens is 244 g/mol. The Kier molecular flexibility index (Phi) is 4.18. The van der Waals surface area contributed by atoms with Crippen LogP contribution in [0.4, 0.5) is 0 Å². The van der Waals surface area contributed by atoms with Crippen molar-refractivity contribution in [2.24, 2.45) is 0 Å². The molecule has 0 N–H and O–H groups in total. The number of aromatic nitrogens is 2. The smallest absolute Gasteiger partial charge is 0.339 e. The number of esters is 1. The lowest BCUT2D eigenvalue weighted by Crippen LogP contribution is -2.03. The molecule has 0 spiro atoms. The molecular formula is C14H16N2O3. The SMILES string of the molecule is CCOC(=O)c1ccn(Cc2ccc(OC)nc2)c1.